The summed E-state index contributed by atoms with van der Waals surface area (Å²) in [5.41, 5.74) is 0.467. The normalized spacial score (nSPS) is 13.6. The molecule has 0 aliphatic rings. The molecule has 0 saturated carbocycles. The van der Waals surface area contributed by atoms with Crippen LogP contribution in [0.4, 0.5) is 5.69 Å². The van der Waals surface area contributed by atoms with E-state index < -0.39 is 21.7 Å². The molecule has 0 saturated heterocycles. The molecule has 0 heterocycles. The highest BCUT2D eigenvalue weighted by atomic mass is 16.6. The molecule has 0 radical (unpaired) electrons. The first-order valence-electron chi connectivity index (χ1n) is 5.27. The van der Waals surface area contributed by atoms with Gasteiger partial charge in [-0.05, 0) is 5.56 Å². The van der Waals surface area contributed by atoms with Crippen LogP contribution in [-0.4, -0.2) is 22.7 Å². The lowest BCUT2D eigenvalue weighted by atomic mass is 9.88. The molecule has 0 aromatic heterocycles. The molecule has 0 unspecified atom stereocenters. The van der Waals surface area contributed by atoms with Crippen molar-refractivity contribution in [1.82, 2.24) is 0 Å². The van der Waals surface area contributed by atoms with Gasteiger partial charge in [-0.15, -0.1) is 0 Å². The third kappa shape index (κ3) is 3.34. The number of hydrogen-bond acceptors (Lipinski definition) is 5. The molecule has 1 rings (SSSR count). The first-order chi connectivity index (χ1) is 8.45. The standard InChI is InChI=1S/C11H12N2O5/c1-8(7-14)11(6-12(15)16)9-2-4-10(5-3-9)13(17)18/h2-5,7-8,11H,6H2,1H3/t8-,11-/m0/s1. The fraction of sp³-hybridized carbons (Fsp3) is 0.364. The van der Waals surface area contributed by atoms with Gasteiger partial charge in [-0.3, -0.25) is 20.2 Å². The number of hydrogen-bond donors (Lipinski definition) is 0. The van der Waals surface area contributed by atoms with Crippen LogP contribution >= 0.6 is 0 Å². The fourth-order valence-corrected chi connectivity index (χ4v) is 1.67. The molecule has 96 valence electrons. The molecule has 1 aromatic rings. The monoisotopic (exact) mass is 252 g/mol. The van der Waals surface area contributed by atoms with Crippen molar-refractivity contribution in [2.75, 3.05) is 6.54 Å². The predicted molar refractivity (Wildman–Crippen MR) is 62.9 cm³/mol. The van der Waals surface area contributed by atoms with E-state index in [1.807, 2.05) is 0 Å². The van der Waals surface area contributed by atoms with Crippen LogP contribution in [0.15, 0.2) is 24.3 Å². The van der Waals surface area contributed by atoms with E-state index in [4.69, 9.17) is 0 Å². The molecule has 0 bridgehead atoms. The molecule has 1 aromatic carbocycles. The molecule has 7 nitrogen and oxygen atoms in total. The zero-order chi connectivity index (χ0) is 13.7. The van der Waals surface area contributed by atoms with Gasteiger partial charge in [-0.2, -0.15) is 0 Å². The third-order valence-corrected chi connectivity index (χ3v) is 2.73. The Hall–Kier alpha value is -2.31. The summed E-state index contributed by atoms with van der Waals surface area (Å²) in [5, 5.41) is 21.1. The molecule has 0 spiro atoms. The van der Waals surface area contributed by atoms with Crippen molar-refractivity contribution in [3.8, 4) is 0 Å². The maximum atomic E-state index is 10.7. The van der Waals surface area contributed by atoms with Crippen LogP contribution in [0.1, 0.15) is 18.4 Å². The van der Waals surface area contributed by atoms with Gasteiger partial charge in [0, 0.05) is 23.0 Å². The van der Waals surface area contributed by atoms with Crippen molar-refractivity contribution in [3.05, 3.63) is 50.1 Å². The van der Waals surface area contributed by atoms with E-state index >= 15 is 0 Å². The zero-order valence-corrected chi connectivity index (χ0v) is 9.68. The summed E-state index contributed by atoms with van der Waals surface area (Å²) >= 11 is 0. The predicted octanol–water partition coefficient (Wildman–Crippen LogP) is 1.79. The van der Waals surface area contributed by atoms with E-state index in [1.54, 1.807) is 6.92 Å². The van der Waals surface area contributed by atoms with E-state index in [9.17, 15) is 25.0 Å². The van der Waals surface area contributed by atoms with Crippen LogP contribution in [0.3, 0.4) is 0 Å². The van der Waals surface area contributed by atoms with Gasteiger partial charge < -0.3 is 4.79 Å². The van der Waals surface area contributed by atoms with Crippen molar-refractivity contribution < 1.29 is 14.6 Å². The molecular weight excluding hydrogens is 240 g/mol. The highest BCUT2D eigenvalue weighted by Crippen LogP contribution is 2.25. The van der Waals surface area contributed by atoms with Gasteiger partial charge in [0.25, 0.3) is 5.69 Å². The molecular formula is C11H12N2O5. The minimum atomic E-state index is -0.571. The highest BCUT2D eigenvalue weighted by molar-refractivity contribution is 5.55. The third-order valence-electron chi connectivity index (χ3n) is 2.73. The topological polar surface area (TPSA) is 103 Å². The van der Waals surface area contributed by atoms with Crippen LogP contribution in [0, 0.1) is 26.1 Å². The Morgan fingerprint density at radius 2 is 1.78 bits per heavy atom. The largest absolute Gasteiger partial charge is 0.303 e. The van der Waals surface area contributed by atoms with Gasteiger partial charge in [0.15, 0.2) is 0 Å². The van der Waals surface area contributed by atoms with Crippen LogP contribution in [0.2, 0.25) is 0 Å². The molecule has 2 atom stereocenters. The van der Waals surface area contributed by atoms with Gasteiger partial charge in [0.2, 0.25) is 6.54 Å². The number of benzene rings is 1. The quantitative estimate of drug-likeness (QED) is 0.436. The average Bonchev–Trinajstić information content (AvgIpc) is 2.35. The summed E-state index contributed by atoms with van der Waals surface area (Å²) < 4.78 is 0. The van der Waals surface area contributed by atoms with Crippen molar-refractivity contribution >= 4 is 12.0 Å². The van der Waals surface area contributed by atoms with E-state index in [1.165, 1.54) is 24.3 Å². The second-order valence-corrected chi connectivity index (χ2v) is 3.97. The maximum Gasteiger partial charge on any atom is 0.269 e. The lowest BCUT2D eigenvalue weighted by Crippen LogP contribution is -2.20. The number of aldehydes is 1. The van der Waals surface area contributed by atoms with Crippen LogP contribution < -0.4 is 0 Å². The smallest absolute Gasteiger partial charge is 0.269 e. The number of nitrogens with zero attached hydrogens (tertiary/aromatic N) is 2. The van der Waals surface area contributed by atoms with E-state index in [-0.39, 0.29) is 12.2 Å². The summed E-state index contributed by atoms with van der Waals surface area (Å²) in [6.07, 6.45) is 0.648. The Morgan fingerprint density at radius 1 is 1.22 bits per heavy atom. The summed E-state index contributed by atoms with van der Waals surface area (Å²) in [4.78, 5) is 30.8. The van der Waals surface area contributed by atoms with Crippen LogP contribution in [-0.2, 0) is 4.79 Å². The molecule has 0 amide bonds. The zero-order valence-electron chi connectivity index (χ0n) is 9.68. The number of carbonyl (C=O) groups is 1. The summed E-state index contributed by atoms with van der Waals surface area (Å²) in [7, 11) is 0. The van der Waals surface area contributed by atoms with Gasteiger partial charge >= 0.3 is 0 Å². The minimum Gasteiger partial charge on any atom is -0.303 e. The molecule has 7 heteroatoms. The molecule has 0 aliphatic heterocycles. The van der Waals surface area contributed by atoms with E-state index in [2.05, 4.69) is 0 Å². The number of rotatable bonds is 6. The maximum absolute atomic E-state index is 10.7. The van der Waals surface area contributed by atoms with Gasteiger partial charge in [0.05, 0.1) is 10.8 Å². The van der Waals surface area contributed by atoms with E-state index in [0.29, 0.717) is 11.8 Å². The second-order valence-electron chi connectivity index (χ2n) is 3.97. The first kappa shape index (κ1) is 13.8. The number of nitro benzene ring substituents is 1. The van der Waals surface area contributed by atoms with Crippen LogP contribution in [0.5, 0.6) is 0 Å². The molecule has 0 N–H and O–H groups in total. The van der Waals surface area contributed by atoms with Crippen molar-refractivity contribution in [3.63, 3.8) is 0 Å². The summed E-state index contributed by atoms with van der Waals surface area (Å²) in [6, 6.07) is 5.46. The Balaban J connectivity index is 3.01. The number of nitro groups is 2. The molecule has 18 heavy (non-hydrogen) atoms. The fourth-order valence-electron chi connectivity index (χ4n) is 1.67. The van der Waals surface area contributed by atoms with Crippen molar-refractivity contribution in [2.24, 2.45) is 5.92 Å². The number of non-ortho nitro benzene ring substituents is 1. The van der Waals surface area contributed by atoms with Gasteiger partial charge in [0.1, 0.15) is 6.29 Å². The minimum absolute atomic E-state index is 0.0858. The first-order valence-corrected chi connectivity index (χ1v) is 5.27. The summed E-state index contributed by atoms with van der Waals surface area (Å²) in [6.45, 7) is 1.21. The Kier molecular flexibility index (Phi) is 4.47. The average molecular weight is 252 g/mol. The van der Waals surface area contributed by atoms with Gasteiger partial charge in [-0.1, -0.05) is 19.1 Å². The van der Waals surface area contributed by atoms with Crippen LogP contribution in [0.25, 0.3) is 0 Å². The molecule has 0 fully saturated rings. The SMILES string of the molecule is C[C@@H](C=O)[C@H](C[N+](=O)[O-])c1ccc([N+](=O)[O-])cc1. The lowest BCUT2D eigenvalue weighted by Gasteiger charge is -2.15. The highest BCUT2D eigenvalue weighted by Gasteiger charge is 2.24. The Labute approximate surface area is 103 Å². The summed E-state index contributed by atoms with van der Waals surface area (Å²) in [5.74, 6) is -1.09. The second kappa shape index (κ2) is 5.85. The Morgan fingerprint density at radius 3 is 2.17 bits per heavy atom. The van der Waals surface area contributed by atoms with Gasteiger partial charge in [-0.25, -0.2) is 0 Å². The number of carbonyl (C=O) groups excluding carboxylic acids is 1. The van der Waals surface area contributed by atoms with E-state index in [0.717, 1.165) is 0 Å². The van der Waals surface area contributed by atoms with Crippen molar-refractivity contribution in [2.45, 2.75) is 12.8 Å². The Bertz CT molecular complexity index is 457. The molecule has 0 aliphatic carbocycles. The van der Waals surface area contributed by atoms with Crippen molar-refractivity contribution in [1.29, 1.82) is 0 Å². The lowest BCUT2D eigenvalue weighted by molar-refractivity contribution is -0.484.